The number of piperazine rings is 1. The summed E-state index contributed by atoms with van der Waals surface area (Å²) in [7, 11) is 0. The van der Waals surface area contributed by atoms with Crippen LogP contribution in [-0.2, 0) is 15.0 Å². The van der Waals surface area contributed by atoms with Crippen molar-refractivity contribution >= 4 is 40.7 Å². The number of amides is 3. The van der Waals surface area contributed by atoms with Crippen molar-refractivity contribution in [1.82, 2.24) is 40.6 Å². The maximum atomic E-state index is 12.8. The highest BCUT2D eigenvalue weighted by molar-refractivity contribution is 6.01. The van der Waals surface area contributed by atoms with E-state index in [9.17, 15) is 14.4 Å². The van der Waals surface area contributed by atoms with E-state index in [1.165, 1.54) is 12.0 Å². The summed E-state index contributed by atoms with van der Waals surface area (Å²) >= 11 is 0. The third-order valence-corrected chi connectivity index (χ3v) is 11.3. The van der Waals surface area contributed by atoms with Gasteiger partial charge >= 0.3 is 11.8 Å². The molecule has 300 valence electrons. The molecule has 15 heteroatoms. The second kappa shape index (κ2) is 16.0. The van der Waals surface area contributed by atoms with Gasteiger partial charge in [-0.15, -0.1) is 0 Å². The molecule has 5 aromatic rings. The van der Waals surface area contributed by atoms with Crippen LogP contribution in [0.1, 0.15) is 85.7 Å². The van der Waals surface area contributed by atoms with Crippen molar-refractivity contribution in [3.63, 3.8) is 0 Å². The van der Waals surface area contributed by atoms with E-state index >= 15 is 0 Å². The Morgan fingerprint density at radius 3 is 2.33 bits per heavy atom. The molecule has 15 nitrogen and oxygen atoms in total. The fourth-order valence-electron chi connectivity index (χ4n) is 7.81. The molecule has 8 rings (SSSR count). The molecule has 6 heterocycles. The van der Waals surface area contributed by atoms with Crippen molar-refractivity contribution in [2.24, 2.45) is 0 Å². The predicted octanol–water partition coefficient (Wildman–Crippen LogP) is 5.29. The molecular weight excluding hydrogens is 735 g/mol. The lowest BCUT2D eigenvalue weighted by Gasteiger charge is -2.49. The van der Waals surface area contributed by atoms with E-state index in [4.69, 9.17) is 9.51 Å². The number of benzene rings is 2. The highest BCUT2D eigenvalue weighted by atomic mass is 16.5. The summed E-state index contributed by atoms with van der Waals surface area (Å²) in [6.07, 6.45) is 4.40. The number of rotatable bonds is 10. The zero-order valence-electron chi connectivity index (χ0n) is 33.5. The van der Waals surface area contributed by atoms with Crippen LogP contribution in [0, 0.1) is 6.92 Å². The summed E-state index contributed by atoms with van der Waals surface area (Å²) in [5.41, 5.74) is 6.55. The number of carbonyl (C=O) groups is 3. The van der Waals surface area contributed by atoms with Crippen molar-refractivity contribution in [3.05, 3.63) is 102 Å². The normalized spacial score (nSPS) is 18.4. The van der Waals surface area contributed by atoms with Gasteiger partial charge in [0.2, 0.25) is 11.8 Å². The maximum absolute atomic E-state index is 12.8. The minimum absolute atomic E-state index is 0.0529. The molecule has 0 radical (unpaired) electrons. The summed E-state index contributed by atoms with van der Waals surface area (Å²) in [4.78, 5) is 61.9. The van der Waals surface area contributed by atoms with E-state index < -0.39 is 5.91 Å². The van der Waals surface area contributed by atoms with Crippen LogP contribution in [0.15, 0.2) is 77.7 Å². The summed E-state index contributed by atoms with van der Waals surface area (Å²) < 4.78 is 5.22. The lowest BCUT2D eigenvalue weighted by Crippen LogP contribution is -2.63. The SMILES string of the molecule is Cc1cc(-c2cc(Nc3ccc(N4CCN(C5CN(c6ccc(C7CCC(=O)NC7=O)cc6)C5)CC4)cn3)ncn2)ccc1C(C)NC(=O)c1nc(C(C)(C)C)no1. The average Bonchev–Trinajstić information content (AvgIpc) is 3.71. The van der Waals surface area contributed by atoms with Gasteiger partial charge < -0.3 is 25.0 Å². The van der Waals surface area contributed by atoms with Gasteiger partial charge in [0.05, 0.1) is 29.5 Å². The first-order valence-electron chi connectivity index (χ1n) is 19.9. The highest BCUT2D eigenvalue weighted by Gasteiger charge is 2.34. The Labute approximate surface area is 337 Å². The molecule has 2 atom stereocenters. The number of nitrogens with zero attached hydrogens (tertiary/aromatic N) is 8. The van der Waals surface area contributed by atoms with Gasteiger partial charge in [-0.3, -0.25) is 24.6 Å². The van der Waals surface area contributed by atoms with Gasteiger partial charge in [0.15, 0.2) is 5.82 Å². The molecule has 3 fully saturated rings. The fraction of sp³-hybridized carbons (Fsp3) is 0.395. The predicted molar refractivity (Wildman–Crippen MR) is 220 cm³/mol. The van der Waals surface area contributed by atoms with Crippen LogP contribution < -0.4 is 25.8 Å². The number of aromatic nitrogens is 5. The molecular formula is C43H49N11O4. The molecule has 3 N–H and O–H groups in total. The van der Waals surface area contributed by atoms with Gasteiger partial charge in [0.1, 0.15) is 18.0 Å². The lowest BCUT2D eigenvalue weighted by atomic mass is 9.90. The van der Waals surface area contributed by atoms with Gasteiger partial charge in [-0.2, -0.15) is 4.98 Å². The van der Waals surface area contributed by atoms with Crippen LogP contribution in [-0.4, -0.2) is 93.0 Å². The number of pyridine rings is 1. The number of piperidine rings is 1. The van der Waals surface area contributed by atoms with Gasteiger partial charge in [-0.05, 0) is 67.3 Å². The smallest absolute Gasteiger partial charge is 0.315 e. The molecule has 0 spiro atoms. The number of carbonyl (C=O) groups excluding carboxylic acids is 3. The van der Waals surface area contributed by atoms with E-state index in [0.29, 0.717) is 36.3 Å². The first-order valence-corrected chi connectivity index (χ1v) is 19.9. The standard InChI is InChI=1S/C43H49N11O4/c1-26-20-29(8-12-33(26)27(2)47-40(57)41-50-42(51-58-41)43(3,4)5)35-21-37(46-25-45-35)48-36-14-11-31(22-44-36)52-16-18-53(19-17-52)32-23-54(24-32)30-9-6-28(7-10-30)34-13-15-38(55)49-39(34)56/h6-12,14,20-22,25,27,32,34H,13,15-19,23-24H2,1-5H3,(H,47,57)(H,49,55,56)(H,44,45,46,48). The second-order valence-electron chi connectivity index (χ2n) is 16.4. The Morgan fingerprint density at radius 1 is 0.897 bits per heavy atom. The maximum Gasteiger partial charge on any atom is 0.315 e. The number of hydrogen-bond donors (Lipinski definition) is 3. The summed E-state index contributed by atoms with van der Waals surface area (Å²) in [6.45, 7) is 15.6. The molecule has 0 bridgehead atoms. The zero-order valence-corrected chi connectivity index (χ0v) is 33.5. The lowest BCUT2D eigenvalue weighted by molar-refractivity contribution is -0.134. The molecule has 3 aromatic heterocycles. The Balaban J connectivity index is 0.806. The topological polar surface area (TPSA) is 175 Å². The molecule has 3 aliphatic rings. The molecule has 58 heavy (non-hydrogen) atoms. The first kappa shape index (κ1) is 38.6. The minimum atomic E-state index is -0.415. The van der Waals surface area contributed by atoms with Crippen molar-refractivity contribution in [3.8, 4) is 11.3 Å². The highest BCUT2D eigenvalue weighted by Crippen LogP contribution is 2.31. The van der Waals surface area contributed by atoms with Crippen molar-refractivity contribution < 1.29 is 18.9 Å². The van der Waals surface area contributed by atoms with E-state index in [1.807, 2.05) is 83.3 Å². The second-order valence-corrected chi connectivity index (χ2v) is 16.4. The van der Waals surface area contributed by atoms with Crippen molar-refractivity contribution in [2.45, 2.75) is 70.9 Å². The van der Waals surface area contributed by atoms with Crippen LogP contribution in [0.2, 0.25) is 0 Å². The zero-order chi connectivity index (χ0) is 40.6. The fourth-order valence-corrected chi connectivity index (χ4v) is 7.81. The van der Waals surface area contributed by atoms with Crippen molar-refractivity contribution in [1.29, 1.82) is 0 Å². The van der Waals surface area contributed by atoms with E-state index in [-0.39, 0.29) is 35.1 Å². The molecule has 3 amide bonds. The van der Waals surface area contributed by atoms with Crippen LogP contribution in [0.5, 0.6) is 0 Å². The number of imide groups is 1. The van der Waals surface area contributed by atoms with E-state index in [1.54, 1.807) is 0 Å². The Bertz CT molecular complexity index is 2290. The monoisotopic (exact) mass is 783 g/mol. The molecule has 3 aliphatic heterocycles. The number of aryl methyl sites for hydroxylation is 1. The van der Waals surface area contributed by atoms with Gasteiger partial charge in [0.25, 0.3) is 0 Å². The largest absolute Gasteiger partial charge is 0.368 e. The van der Waals surface area contributed by atoms with Gasteiger partial charge in [-0.25, -0.2) is 15.0 Å². The summed E-state index contributed by atoms with van der Waals surface area (Å²) in [5.74, 6) is 0.705. The Morgan fingerprint density at radius 2 is 1.66 bits per heavy atom. The molecule has 0 aliphatic carbocycles. The van der Waals surface area contributed by atoms with Gasteiger partial charge in [-0.1, -0.05) is 50.2 Å². The Hall–Kier alpha value is -6.22. The number of nitrogens with one attached hydrogen (secondary N) is 3. The quantitative estimate of drug-likeness (QED) is 0.156. The van der Waals surface area contributed by atoms with E-state index in [0.717, 1.165) is 72.9 Å². The van der Waals surface area contributed by atoms with Crippen molar-refractivity contribution in [2.75, 3.05) is 54.4 Å². The van der Waals surface area contributed by atoms with E-state index in [2.05, 4.69) is 69.0 Å². The molecule has 3 saturated heterocycles. The average molecular weight is 784 g/mol. The van der Waals surface area contributed by atoms with Crippen LogP contribution in [0.25, 0.3) is 11.3 Å². The minimum Gasteiger partial charge on any atom is -0.368 e. The third kappa shape index (κ3) is 8.40. The molecule has 2 unspecified atom stereocenters. The summed E-state index contributed by atoms with van der Waals surface area (Å²) in [5, 5.41) is 12.7. The third-order valence-electron chi connectivity index (χ3n) is 11.3. The molecule has 0 saturated carbocycles. The Kier molecular flexibility index (Phi) is 10.6. The number of anilines is 4. The summed E-state index contributed by atoms with van der Waals surface area (Å²) in [6, 6.07) is 20.5. The number of hydrogen-bond acceptors (Lipinski definition) is 13. The van der Waals surface area contributed by atoms with Gasteiger partial charge in [0, 0.05) is 74.5 Å². The van der Waals surface area contributed by atoms with Crippen LogP contribution in [0.4, 0.5) is 23.0 Å². The molecule has 2 aromatic carbocycles. The van der Waals surface area contributed by atoms with Crippen LogP contribution in [0.3, 0.4) is 0 Å². The van der Waals surface area contributed by atoms with Crippen LogP contribution >= 0.6 is 0 Å². The first-order chi connectivity index (χ1) is 27.9.